The zero-order chi connectivity index (χ0) is 21.8. The predicted molar refractivity (Wildman–Crippen MR) is 95.2 cm³/mol. The molecule has 29 heavy (non-hydrogen) atoms. The Morgan fingerprint density at radius 1 is 1.21 bits per heavy atom. The van der Waals surface area contributed by atoms with E-state index in [-0.39, 0.29) is 29.0 Å². The molecule has 0 heterocycles. The van der Waals surface area contributed by atoms with Crippen molar-refractivity contribution in [3.05, 3.63) is 69.3 Å². The van der Waals surface area contributed by atoms with Crippen molar-refractivity contribution in [3.8, 4) is 5.75 Å². The number of carbonyl (C=O) groups excluding carboxylic acids is 2. The van der Waals surface area contributed by atoms with Gasteiger partial charge in [0.2, 0.25) is 5.91 Å². The lowest BCUT2D eigenvalue weighted by Crippen LogP contribution is -2.45. The van der Waals surface area contributed by atoms with Gasteiger partial charge in [-0.1, -0.05) is 0 Å². The monoisotopic (exact) mass is 411 g/mol. The Kier molecular flexibility index (Phi) is 6.42. The molecule has 0 aliphatic carbocycles. The number of benzene rings is 2. The summed E-state index contributed by atoms with van der Waals surface area (Å²) in [4.78, 5) is 34.4. The van der Waals surface area contributed by atoms with Gasteiger partial charge < -0.3 is 15.8 Å². The molecule has 0 saturated carbocycles. The maximum Gasteiger partial charge on any atom is 0.416 e. The number of primary amides is 1. The number of nitro benzene ring substituents is 1. The Bertz CT molecular complexity index is 929. The number of non-ortho nitro benzene ring substituents is 1. The second kappa shape index (κ2) is 8.59. The van der Waals surface area contributed by atoms with Gasteiger partial charge in [0.15, 0.2) is 0 Å². The van der Waals surface area contributed by atoms with Crippen LogP contribution in [0.15, 0.2) is 42.5 Å². The van der Waals surface area contributed by atoms with Gasteiger partial charge in [-0.05, 0) is 30.3 Å². The van der Waals surface area contributed by atoms with E-state index in [0.717, 1.165) is 24.3 Å². The molecule has 0 aliphatic heterocycles. The number of hydrogen-bond acceptors (Lipinski definition) is 5. The van der Waals surface area contributed by atoms with Gasteiger partial charge in [-0.15, -0.1) is 0 Å². The number of nitrogens with zero attached hydrogens (tertiary/aromatic N) is 1. The maximum absolute atomic E-state index is 12.6. The Morgan fingerprint density at radius 3 is 2.31 bits per heavy atom. The average Bonchev–Trinajstić information content (AvgIpc) is 2.66. The molecule has 0 fully saturated rings. The minimum Gasteiger partial charge on any atom is -0.496 e. The fourth-order valence-corrected chi connectivity index (χ4v) is 2.53. The number of nitrogens with one attached hydrogen (secondary N) is 1. The van der Waals surface area contributed by atoms with Crippen LogP contribution in [-0.4, -0.2) is 29.9 Å². The third-order valence-electron chi connectivity index (χ3n) is 4.02. The smallest absolute Gasteiger partial charge is 0.416 e. The molecule has 0 aromatic heterocycles. The van der Waals surface area contributed by atoms with Crippen LogP contribution in [0.4, 0.5) is 18.9 Å². The summed E-state index contributed by atoms with van der Waals surface area (Å²) in [5.74, 6) is -1.52. The molecule has 8 nitrogen and oxygen atoms in total. The molecule has 2 aromatic carbocycles. The highest BCUT2D eigenvalue weighted by Crippen LogP contribution is 2.29. The highest BCUT2D eigenvalue weighted by Gasteiger charge is 2.30. The van der Waals surface area contributed by atoms with Crippen LogP contribution in [0.1, 0.15) is 21.5 Å². The van der Waals surface area contributed by atoms with E-state index in [2.05, 4.69) is 5.32 Å². The first-order valence-electron chi connectivity index (χ1n) is 8.11. The summed E-state index contributed by atoms with van der Waals surface area (Å²) >= 11 is 0. The van der Waals surface area contributed by atoms with E-state index in [1.165, 1.54) is 25.3 Å². The van der Waals surface area contributed by atoms with Crippen LogP contribution in [0, 0.1) is 10.1 Å². The predicted octanol–water partition coefficient (Wildman–Crippen LogP) is 2.45. The maximum atomic E-state index is 12.6. The van der Waals surface area contributed by atoms with Crippen LogP contribution in [0.3, 0.4) is 0 Å². The molecule has 2 amide bonds. The third kappa shape index (κ3) is 5.43. The van der Waals surface area contributed by atoms with Crippen LogP contribution in [-0.2, 0) is 17.4 Å². The number of rotatable bonds is 7. The van der Waals surface area contributed by atoms with Crippen molar-refractivity contribution in [2.75, 3.05) is 7.11 Å². The van der Waals surface area contributed by atoms with E-state index >= 15 is 0 Å². The summed E-state index contributed by atoms with van der Waals surface area (Å²) in [6.07, 6.45) is -4.77. The molecule has 2 aromatic rings. The van der Waals surface area contributed by atoms with Crippen LogP contribution in [0.25, 0.3) is 0 Å². The molecule has 2 rings (SSSR count). The number of carbonyl (C=O) groups is 2. The van der Waals surface area contributed by atoms with Crippen LogP contribution >= 0.6 is 0 Å². The number of alkyl halides is 3. The quantitative estimate of drug-likeness (QED) is 0.535. The number of amides is 2. The number of ether oxygens (including phenoxy) is 1. The average molecular weight is 411 g/mol. The minimum atomic E-state index is -4.55. The fraction of sp³-hybridized carbons (Fsp3) is 0.222. The second-order valence-electron chi connectivity index (χ2n) is 5.96. The third-order valence-corrected chi connectivity index (χ3v) is 4.02. The van der Waals surface area contributed by atoms with E-state index < -0.39 is 34.5 Å². The minimum absolute atomic E-state index is 0.116. The number of hydrogen-bond donors (Lipinski definition) is 2. The van der Waals surface area contributed by atoms with E-state index in [9.17, 15) is 32.9 Å². The van der Waals surface area contributed by atoms with Gasteiger partial charge in [-0.25, -0.2) is 0 Å². The van der Waals surface area contributed by atoms with E-state index in [1.54, 1.807) is 0 Å². The van der Waals surface area contributed by atoms with E-state index in [0.29, 0.717) is 0 Å². The lowest BCUT2D eigenvalue weighted by Gasteiger charge is -2.17. The Balaban J connectivity index is 2.23. The number of nitro groups is 1. The highest BCUT2D eigenvalue weighted by molar-refractivity contribution is 5.97. The van der Waals surface area contributed by atoms with Crippen molar-refractivity contribution >= 4 is 17.5 Å². The fourth-order valence-electron chi connectivity index (χ4n) is 2.53. The Labute approximate surface area is 162 Å². The summed E-state index contributed by atoms with van der Waals surface area (Å²) in [6.45, 7) is 0. The van der Waals surface area contributed by atoms with Crippen molar-refractivity contribution in [3.63, 3.8) is 0 Å². The van der Waals surface area contributed by atoms with Crippen LogP contribution in [0.2, 0.25) is 0 Å². The van der Waals surface area contributed by atoms with Crippen molar-refractivity contribution in [2.24, 2.45) is 5.73 Å². The summed E-state index contributed by atoms with van der Waals surface area (Å²) < 4.78 is 43.0. The molecule has 11 heteroatoms. The normalized spacial score (nSPS) is 12.1. The van der Waals surface area contributed by atoms with Gasteiger partial charge >= 0.3 is 6.18 Å². The van der Waals surface area contributed by atoms with Gasteiger partial charge in [-0.3, -0.25) is 19.7 Å². The van der Waals surface area contributed by atoms with Crippen molar-refractivity contribution < 1.29 is 32.4 Å². The molecule has 0 saturated heterocycles. The number of halogens is 3. The molecule has 0 bridgehead atoms. The summed E-state index contributed by atoms with van der Waals surface area (Å²) in [6, 6.07) is 5.84. The lowest BCUT2D eigenvalue weighted by atomic mass is 10.0. The standard InChI is InChI=1S/C18H16F3N3O5/c1-29-15-7-6-13(24(27)28)8-11(15)9-14(16(22)25)23-17(26)10-2-4-12(5-3-10)18(19,20)21/h2-8,14H,9H2,1H3,(H2,22,25)(H,23,26)/t14-/m0/s1. The summed E-state index contributed by atoms with van der Waals surface area (Å²) in [5.41, 5.74) is 4.26. The van der Waals surface area contributed by atoms with Crippen LogP contribution in [0.5, 0.6) is 5.75 Å². The molecule has 0 aliphatic rings. The molecule has 1 atom stereocenters. The summed E-state index contributed by atoms with van der Waals surface area (Å²) in [7, 11) is 1.32. The molecular weight excluding hydrogens is 395 g/mol. The molecular formula is C18H16F3N3O5. The Morgan fingerprint density at radius 2 is 1.83 bits per heavy atom. The first-order chi connectivity index (χ1) is 13.5. The highest BCUT2D eigenvalue weighted by atomic mass is 19.4. The van der Waals surface area contributed by atoms with E-state index in [4.69, 9.17) is 10.5 Å². The van der Waals surface area contributed by atoms with Crippen molar-refractivity contribution in [2.45, 2.75) is 18.6 Å². The van der Waals surface area contributed by atoms with Gasteiger partial charge in [-0.2, -0.15) is 13.2 Å². The molecule has 0 unspecified atom stereocenters. The Hall–Kier alpha value is -3.63. The molecule has 3 N–H and O–H groups in total. The van der Waals surface area contributed by atoms with Gasteiger partial charge in [0.05, 0.1) is 17.6 Å². The summed E-state index contributed by atoms with van der Waals surface area (Å²) in [5, 5.41) is 13.3. The molecule has 154 valence electrons. The van der Waals surface area contributed by atoms with Gasteiger partial charge in [0.1, 0.15) is 11.8 Å². The topological polar surface area (TPSA) is 125 Å². The van der Waals surface area contributed by atoms with Crippen LogP contribution < -0.4 is 15.8 Å². The molecule has 0 spiro atoms. The van der Waals surface area contributed by atoms with E-state index in [1.807, 2.05) is 0 Å². The van der Waals surface area contributed by atoms with Gasteiger partial charge in [0.25, 0.3) is 11.6 Å². The first-order valence-corrected chi connectivity index (χ1v) is 8.11. The zero-order valence-electron chi connectivity index (χ0n) is 15.0. The van der Waals surface area contributed by atoms with Gasteiger partial charge in [0, 0.05) is 29.7 Å². The molecule has 0 radical (unpaired) electrons. The first kappa shape index (κ1) is 21.7. The number of methoxy groups -OCH3 is 1. The van der Waals surface area contributed by atoms with Crippen molar-refractivity contribution in [1.82, 2.24) is 5.32 Å². The van der Waals surface area contributed by atoms with Crippen molar-refractivity contribution in [1.29, 1.82) is 0 Å². The SMILES string of the molecule is COc1ccc([N+](=O)[O-])cc1C[C@H](NC(=O)c1ccc(C(F)(F)F)cc1)C(N)=O. The lowest BCUT2D eigenvalue weighted by molar-refractivity contribution is -0.384. The largest absolute Gasteiger partial charge is 0.496 e. The number of nitrogens with two attached hydrogens (primary N) is 1. The zero-order valence-corrected chi connectivity index (χ0v) is 15.0. The second-order valence-corrected chi connectivity index (χ2v) is 5.96.